The Hall–Kier alpha value is -0.420. The van der Waals surface area contributed by atoms with Crippen molar-refractivity contribution in [2.45, 2.75) is 19.0 Å². The maximum atomic E-state index is 5.58. The molecule has 0 unspecified atom stereocenters. The number of rotatable bonds is 5. The van der Waals surface area contributed by atoms with E-state index in [1.807, 2.05) is 30.3 Å². The molecule has 0 aliphatic carbocycles. The Morgan fingerprint density at radius 3 is 2.81 bits per heavy atom. The maximum absolute atomic E-state index is 5.58. The molecule has 1 fully saturated rings. The van der Waals surface area contributed by atoms with Crippen LogP contribution in [-0.4, -0.2) is 30.9 Å². The molecule has 88 valence electrons. The predicted octanol–water partition coefficient (Wildman–Crippen LogP) is 2.34. The minimum Gasteiger partial charge on any atom is -0.374 e. The number of hydrogen-bond acceptors (Lipinski definition) is 3. The van der Waals surface area contributed by atoms with Crippen LogP contribution in [0.4, 0.5) is 0 Å². The molecule has 2 rings (SSSR count). The van der Waals surface area contributed by atoms with Crippen LogP contribution in [0.5, 0.6) is 0 Å². The van der Waals surface area contributed by atoms with Crippen LogP contribution >= 0.6 is 15.9 Å². The molecule has 4 heteroatoms. The van der Waals surface area contributed by atoms with Crippen LogP contribution in [0.25, 0.3) is 0 Å². The fraction of sp³-hybridized carbons (Fsp3) is 0.500. The fourth-order valence-corrected chi connectivity index (χ4v) is 1.90. The quantitative estimate of drug-likeness (QED) is 0.778. The second kappa shape index (κ2) is 6.35. The van der Waals surface area contributed by atoms with E-state index in [1.165, 1.54) is 5.56 Å². The lowest BCUT2D eigenvalue weighted by molar-refractivity contribution is -0.0560. The van der Waals surface area contributed by atoms with E-state index in [0.29, 0.717) is 25.2 Å². The van der Waals surface area contributed by atoms with Crippen LogP contribution in [0.1, 0.15) is 5.56 Å². The Morgan fingerprint density at radius 2 is 2.12 bits per heavy atom. The molecule has 2 atom stereocenters. The van der Waals surface area contributed by atoms with Gasteiger partial charge in [0, 0.05) is 0 Å². The van der Waals surface area contributed by atoms with Gasteiger partial charge in [0.05, 0.1) is 25.2 Å². The molecule has 0 amide bonds. The van der Waals surface area contributed by atoms with Gasteiger partial charge >= 0.3 is 0 Å². The minimum absolute atomic E-state index is 0.0614. The van der Waals surface area contributed by atoms with Crippen molar-refractivity contribution in [2.24, 2.45) is 0 Å². The molecule has 0 radical (unpaired) electrons. The molecular formula is C12H15BrO3. The summed E-state index contributed by atoms with van der Waals surface area (Å²) in [4.78, 5) is 0. The molecule has 1 aromatic carbocycles. The lowest BCUT2D eigenvalue weighted by atomic mass is 10.2. The summed E-state index contributed by atoms with van der Waals surface area (Å²) in [6.07, 6.45) is -0.0587. The first-order valence-corrected chi connectivity index (χ1v) is 6.45. The first-order valence-electron chi connectivity index (χ1n) is 5.33. The van der Waals surface area contributed by atoms with Crippen molar-refractivity contribution in [3.63, 3.8) is 0 Å². The van der Waals surface area contributed by atoms with Gasteiger partial charge in [-0.1, -0.05) is 46.3 Å². The second-order valence-electron chi connectivity index (χ2n) is 3.68. The van der Waals surface area contributed by atoms with Crippen LogP contribution in [0.15, 0.2) is 30.3 Å². The van der Waals surface area contributed by atoms with E-state index >= 15 is 0 Å². The monoisotopic (exact) mass is 286 g/mol. The normalized spacial score (nSPS) is 24.8. The van der Waals surface area contributed by atoms with E-state index < -0.39 is 0 Å². The van der Waals surface area contributed by atoms with Crippen LogP contribution < -0.4 is 0 Å². The highest BCUT2D eigenvalue weighted by Gasteiger charge is 2.24. The van der Waals surface area contributed by atoms with E-state index in [1.54, 1.807) is 0 Å². The zero-order valence-corrected chi connectivity index (χ0v) is 10.6. The summed E-state index contributed by atoms with van der Waals surface area (Å²) in [6.45, 7) is 1.82. The van der Waals surface area contributed by atoms with E-state index in [9.17, 15) is 0 Å². The highest BCUT2D eigenvalue weighted by atomic mass is 79.9. The zero-order chi connectivity index (χ0) is 11.2. The first kappa shape index (κ1) is 12.0. The molecule has 1 aliphatic heterocycles. The third-order valence-electron chi connectivity index (χ3n) is 2.35. The number of halogens is 1. The molecule has 1 heterocycles. The minimum atomic E-state index is -0.120. The number of hydrogen-bond donors (Lipinski definition) is 0. The van der Waals surface area contributed by atoms with Crippen LogP contribution in [0, 0.1) is 0 Å². The van der Waals surface area contributed by atoms with E-state index in [4.69, 9.17) is 14.2 Å². The Kier molecular flexibility index (Phi) is 4.78. The average molecular weight is 287 g/mol. The standard InChI is InChI=1S/C12H15BrO3/c13-6-12-15-9-11(16-12)8-14-7-10-4-2-1-3-5-10/h1-5,11-12H,6-9H2/t11-,12-/m1/s1. The van der Waals surface area contributed by atoms with Gasteiger partial charge in [-0.15, -0.1) is 0 Å². The topological polar surface area (TPSA) is 27.7 Å². The van der Waals surface area contributed by atoms with Crippen molar-refractivity contribution < 1.29 is 14.2 Å². The Morgan fingerprint density at radius 1 is 1.31 bits per heavy atom. The summed E-state index contributed by atoms with van der Waals surface area (Å²) < 4.78 is 16.5. The number of ether oxygens (including phenoxy) is 3. The molecular weight excluding hydrogens is 272 g/mol. The van der Waals surface area contributed by atoms with Crippen molar-refractivity contribution in [3.8, 4) is 0 Å². The molecule has 3 nitrogen and oxygen atoms in total. The lowest BCUT2D eigenvalue weighted by Gasteiger charge is -2.10. The van der Waals surface area contributed by atoms with Crippen LogP contribution in [0.3, 0.4) is 0 Å². The molecule has 0 saturated carbocycles. The zero-order valence-electron chi connectivity index (χ0n) is 8.97. The largest absolute Gasteiger partial charge is 0.374 e. The maximum Gasteiger partial charge on any atom is 0.167 e. The summed E-state index contributed by atoms with van der Waals surface area (Å²) >= 11 is 3.32. The third-order valence-corrected chi connectivity index (χ3v) is 2.88. The highest BCUT2D eigenvalue weighted by molar-refractivity contribution is 9.09. The van der Waals surface area contributed by atoms with Crippen molar-refractivity contribution in [1.29, 1.82) is 0 Å². The lowest BCUT2D eigenvalue weighted by Crippen LogP contribution is -2.19. The smallest absolute Gasteiger partial charge is 0.167 e. The van der Waals surface area contributed by atoms with E-state index in [2.05, 4.69) is 15.9 Å². The fourth-order valence-electron chi connectivity index (χ4n) is 1.56. The van der Waals surface area contributed by atoms with Crippen molar-refractivity contribution in [2.75, 3.05) is 18.5 Å². The van der Waals surface area contributed by atoms with Gasteiger partial charge < -0.3 is 14.2 Å². The number of alkyl halides is 1. The van der Waals surface area contributed by atoms with Crippen LogP contribution in [-0.2, 0) is 20.8 Å². The Balaban J connectivity index is 1.65. The Labute approximate surface area is 104 Å². The van der Waals surface area contributed by atoms with Gasteiger partial charge in [0.2, 0.25) is 0 Å². The van der Waals surface area contributed by atoms with Crippen LogP contribution in [0.2, 0.25) is 0 Å². The number of benzene rings is 1. The van der Waals surface area contributed by atoms with Crippen molar-refractivity contribution in [1.82, 2.24) is 0 Å². The first-order chi connectivity index (χ1) is 7.88. The Bertz CT molecular complexity index is 304. The van der Waals surface area contributed by atoms with Gasteiger partial charge in [0.15, 0.2) is 6.29 Å². The summed E-state index contributed by atoms with van der Waals surface area (Å²) in [6, 6.07) is 10.1. The second-order valence-corrected chi connectivity index (χ2v) is 4.32. The van der Waals surface area contributed by atoms with Gasteiger partial charge in [-0.3, -0.25) is 0 Å². The molecule has 0 bridgehead atoms. The van der Waals surface area contributed by atoms with Crippen molar-refractivity contribution in [3.05, 3.63) is 35.9 Å². The van der Waals surface area contributed by atoms with Gasteiger partial charge in [-0.05, 0) is 5.56 Å². The summed E-state index contributed by atoms with van der Waals surface area (Å²) in [5.74, 6) is 0. The van der Waals surface area contributed by atoms with Crippen molar-refractivity contribution >= 4 is 15.9 Å². The average Bonchev–Trinajstić information content (AvgIpc) is 2.78. The summed E-state index contributed by atoms with van der Waals surface area (Å²) in [5.41, 5.74) is 1.18. The third kappa shape index (κ3) is 3.56. The van der Waals surface area contributed by atoms with Gasteiger partial charge in [0.25, 0.3) is 0 Å². The summed E-state index contributed by atoms with van der Waals surface area (Å²) in [5, 5.41) is 0.711. The predicted molar refractivity (Wildman–Crippen MR) is 64.5 cm³/mol. The molecule has 1 aliphatic rings. The molecule has 16 heavy (non-hydrogen) atoms. The van der Waals surface area contributed by atoms with E-state index in [-0.39, 0.29) is 12.4 Å². The molecule has 0 aromatic heterocycles. The molecule has 0 N–H and O–H groups in total. The van der Waals surface area contributed by atoms with Gasteiger partial charge in [-0.25, -0.2) is 0 Å². The molecule has 1 saturated heterocycles. The highest BCUT2D eigenvalue weighted by Crippen LogP contribution is 2.14. The summed E-state index contributed by atoms with van der Waals surface area (Å²) in [7, 11) is 0. The molecule has 1 aromatic rings. The van der Waals surface area contributed by atoms with E-state index in [0.717, 1.165) is 0 Å². The molecule has 0 spiro atoms. The van der Waals surface area contributed by atoms with Gasteiger partial charge in [-0.2, -0.15) is 0 Å². The SMILES string of the molecule is BrC[C@@H]1OC[C@@H](COCc2ccccc2)O1. The van der Waals surface area contributed by atoms with Gasteiger partial charge in [0.1, 0.15) is 6.10 Å².